The van der Waals surface area contributed by atoms with Crippen molar-refractivity contribution in [2.24, 2.45) is 0 Å². The lowest BCUT2D eigenvalue weighted by Gasteiger charge is -2.18. The smallest absolute Gasteiger partial charge is 0.306 e. The molecule has 6 heteroatoms. The predicted octanol–water partition coefficient (Wildman–Crippen LogP) is 22.1. The van der Waals surface area contributed by atoms with E-state index >= 15 is 0 Å². The molecular formula is C73H116O6. The van der Waals surface area contributed by atoms with Gasteiger partial charge in [0.1, 0.15) is 13.2 Å². The van der Waals surface area contributed by atoms with E-state index in [9.17, 15) is 14.4 Å². The van der Waals surface area contributed by atoms with Crippen molar-refractivity contribution in [2.45, 2.75) is 271 Å². The molecule has 444 valence electrons. The van der Waals surface area contributed by atoms with Gasteiger partial charge >= 0.3 is 17.9 Å². The van der Waals surface area contributed by atoms with Crippen LogP contribution in [0.2, 0.25) is 0 Å². The van der Waals surface area contributed by atoms with Crippen molar-refractivity contribution in [2.75, 3.05) is 13.2 Å². The van der Waals surface area contributed by atoms with Crippen LogP contribution in [0.15, 0.2) is 158 Å². The zero-order chi connectivity index (χ0) is 57.1. The average Bonchev–Trinajstić information content (AvgIpc) is 3.45. The number of hydrogen-bond donors (Lipinski definition) is 0. The van der Waals surface area contributed by atoms with Gasteiger partial charge in [0, 0.05) is 19.3 Å². The van der Waals surface area contributed by atoms with Crippen molar-refractivity contribution in [3.05, 3.63) is 158 Å². The molecule has 0 bridgehead atoms. The van der Waals surface area contributed by atoms with Crippen LogP contribution in [-0.2, 0) is 28.6 Å². The van der Waals surface area contributed by atoms with Crippen molar-refractivity contribution in [3.8, 4) is 0 Å². The van der Waals surface area contributed by atoms with Crippen LogP contribution in [0.25, 0.3) is 0 Å². The van der Waals surface area contributed by atoms with Gasteiger partial charge in [-0.3, -0.25) is 14.4 Å². The largest absolute Gasteiger partial charge is 0.462 e. The van der Waals surface area contributed by atoms with Gasteiger partial charge in [-0.15, -0.1) is 0 Å². The molecule has 79 heavy (non-hydrogen) atoms. The lowest BCUT2D eigenvalue weighted by atomic mass is 10.1. The van der Waals surface area contributed by atoms with E-state index in [1.54, 1.807) is 0 Å². The van der Waals surface area contributed by atoms with Crippen molar-refractivity contribution in [1.82, 2.24) is 0 Å². The van der Waals surface area contributed by atoms with E-state index in [4.69, 9.17) is 14.2 Å². The molecule has 1 atom stereocenters. The maximum Gasteiger partial charge on any atom is 0.306 e. The highest BCUT2D eigenvalue weighted by Crippen LogP contribution is 2.14. The second-order valence-electron chi connectivity index (χ2n) is 20.5. The van der Waals surface area contributed by atoms with Crippen molar-refractivity contribution >= 4 is 17.9 Å². The number of carbonyl (C=O) groups is 3. The van der Waals surface area contributed by atoms with Gasteiger partial charge in [-0.1, -0.05) is 262 Å². The van der Waals surface area contributed by atoms with Crippen LogP contribution in [-0.4, -0.2) is 37.2 Å². The third kappa shape index (κ3) is 63.7. The van der Waals surface area contributed by atoms with Crippen LogP contribution in [0.5, 0.6) is 0 Å². The SMILES string of the molecule is CC/C=C\C/C=C\C/C=C\C/C=C\C/C=C\C/C=C\CCCCCCC(=O)OC(COC(=O)CCCCCCC/C=C\C/C=C\CCC)COC(=O)CCCCCCCCCCC/C=C\C/C=C\C/C=C\C/C=C\C/C=C\CC. The van der Waals surface area contributed by atoms with Gasteiger partial charge in [0.15, 0.2) is 6.10 Å². The van der Waals surface area contributed by atoms with Crippen LogP contribution in [0, 0.1) is 0 Å². The van der Waals surface area contributed by atoms with E-state index in [-0.39, 0.29) is 37.5 Å². The Morgan fingerprint density at radius 2 is 0.494 bits per heavy atom. The summed E-state index contributed by atoms with van der Waals surface area (Å²) in [7, 11) is 0. The van der Waals surface area contributed by atoms with Crippen LogP contribution in [0.1, 0.15) is 265 Å². The van der Waals surface area contributed by atoms with Gasteiger partial charge in [0.2, 0.25) is 0 Å². The number of rotatable bonds is 56. The first kappa shape index (κ1) is 74.0. The minimum Gasteiger partial charge on any atom is -0.462 e. The quantitative estimate of drug-likeness (QED) is 0.0261. The number of carbonyl (C=O) groups excluding carboxylic acids is 3. The van der Waals surface area contributed by atoms with E-state index in [2.05, 4.69) is 179 Å². The molecule has 0 saturated carbocycles. The first-order valence-corrected chi connectivity index (χ1v) is 32.0. The minimum atomic E-state index is -0.809. The molecular weight excluding hydrogens is 973 g/mol. The lowest BCUT2D eigenvalue weighted by molar-refractivity contribution is -0.167. The first-order chi connectivity index (χ1) is 39.0. The molecule has 0 heterocycles. The molecule has 0 aliphatic carbocycles. The molecule has 0 aliphatic heterocycles. The molecule has 0 fully saturated rings. The summed E-state index contributed by atoms with van der Waals surface area (Å²) in [6, 6.07) is 0. The van der Waals surface area contributed by atoms with Crippen molar-refractivity contribution in [1.29, 1.82) is 0 Å². The second kappa shape index (κ2) is 65.5. The van der Waals surface area contributed by atoms with Gasteiger partial charge < -0.3 is 14.2 Å². The number of esters is 3. The fourth-order valence-corrected chi connectivity index (χ4v) is 8.27. The Morgan fingerprint density at radius 3 is 0.772 bits per heavy atom. The molecule has 0 N–H and O–H groups in total. The van der Waals surface area contributed by atoms with E-state index in [0.717, 1.165) is 180 Å². The Balaban J connectivity index is 4.44. The highest BCUT2D eigenvalue weighted by molar-refractivity contribution is 5.71. The monoisotopic (exact) mass is 1090 g/mol. The standard InChI is InChI=1S/C73H116O6/c1-4-7-10-13-16-19-22-25-27-29-31-33-35-36-38-39-41-43-45-48-51-54-57-60-63-66-72(75)78-69-70(68-77-71(74)65-62-59-56-53-50-47-24-21-18-15-12-9-6-3)79-73(76)67-64-61-58-55-52-49-46-44-42-40-37-34-32-30-28-26-23-20-17-14-11-8-5-2/h7-8,10-12,15-17,19-21,24-28,31-34,36,38,40,42,46,49,70H,4-6,9,13-14,18,22-23,29-30,35,37,39,41,43-45,47-48,50-69H2,1-3H3/b10-7-,11-8-,15-12-,19-16-,20-17-,24-21-,27-25-,28-26-,33-31-,34-32-,38-36-,42-40-,49-46-. The van der Waals surface area contributed by atoms with Crippen LogP contribution in [0.3, 0.4) is 0 Å². The lowest BCUT2D eigenvalue weighted by Crippen LogP contribution is -2.30. The molecule has 0 spiro atoms. The Labute approximate surface area is 486 Å². The van der Waals surface area contributed by atoms with Gasteiger partial charge in [0.25, 0.3) is 0 Å². The summed E-state index contributed by atoms with van der Waals surface area (Å²) in [4.78, 5) is 38.3. The van der Waals surface area contributed by atoms with Crippen molar-refractivity contribution in [3.63, 3.8) is 0 Å². The van der Waals surface area contributed by atoms with E-state index in [1.807, 2.05) is 0 Å². The fraction of sp³-hybridized carbons (Fsp3) is 0.603. The maximum absolute atomic E-state index is 12.9. The summed E-state index contributed by atoms with van der Waals surface area (Å²) in [6.45, 7) is 6.31. The van der Waals surface area contributed by atoms with Gasteiger partial charge in [-0.05, 0) is 141 Å². The molecule has 0 aliphatic rings. The highest BCUT2D eigenvalue weighted by atomic mass is 16.6. The Bertz CT molecular complexity index is 1780. The Morgan fingerprint density at radius 1 is 0.266 bits per heavy atom. The molecule has 0 aromatic carbocycles. The fourth-order valence-electron chi connectivity index (χ4n) is 8.27. The third-order valence-corrected chi connectivity index (χ3v) is 13.0. The highest BCUT2D eigenvalue weighted by Gasteiger charge is 2.19. The van der Waals surface area contributed by atoms with Crippen LogP contribution >= 0.6 is 0 Å². The number of hydrogen-bond acceptors (Lipinski definition) is 6. The Kier molecular flexibility index (Phi) is 61.4. The summed E-state index contributed by atoms with van der Waals surface area (Å²) in [6.07, 6.45) is 95.3. The molecule has 0 amide bonds. The minimum absolute atomic E-state index is 0.103. The number of allylic oxidation sites excluding steroid dienone is 26. The molecule has 0 aromatic heterocycles. The predicted molar refractivity (Wildman–Crippen MR) is 343 cm³/mol. The van der Waals surface area contributed by atoms with Crippen LogP contribution in [0.4, 0.5) is 0 Å². The Hall–Kier alpha value is -4.97. The van der Waals surface area contributed by atoms with Gasteiger partial charge in [0.05, 0.1) is 0 Å². The van der Waals surface area contributed by atoms with E-state index < -0.39 is 6.10 Å². The number of unbranched alkanes of at least 4 members (excludes halogenated alkanes) is 19. The second-order valence-corrected chi connectivity index (χ2v) is 20.5. The summed E-state index contributed by atoms with van der Waals surface area (Å²) < 4.78 is 16.9. The molecule has 6 nitrogen and oxygen atoms in total. The summed E-state index contributed by atoms with van der Waals surface area (Å²) >= 11 is 0. The maximum atomic E-state index is 12.9. The topological polar surface area (TPSA) is 78.9 Å². The molecule has 0 saturated heterocycles. The summed E-state index contributed by atoms with van der Waals surface area (Å²) in [5.74, 6) is -0.951. The van der Waals surface area contributed by atoms with E-state index in [0.29, 0.717) is 12.8 Å². The normalized spacial score (nSPS) is 13.2. The molecule has 0 radical (unpaired) electrons. The molecule has 0 aromatic rings. The number of ether oxygens (including phenoxy) is 3. The van der Waals surface area contributed by atoms with Gasteiger partial charge in [-0.25, -0.2) is 0 Å². The van der Waals surface area contributed by atoms with E-state index in [1.165, 1.54) is 44.9 Å². The molecule has 1 unspecified atom stereocenters. The third-order valence-electron chi connectivity index (χ3n) is 13.0. The van der Waals surface area contributed by atoms with Crippen molar-refractivity contribution < 1.29 is 28.6 Å². The van der Waals surface area contributed by atoms with Gasteiger partial charge in [-0.2, -0.15) is 0 Å². The zero-order valence-electron chi connectivity index (χ0n) is 50.8. The summed E-state index contributed by atoms with van der Waals surface area (Å²) in [5, 5.41) is 0. The average molecular weight is 1090 g/mol. The van der Waals surface area contributed by atoms with Crippen LogP contribution < -0.4 is 0 Å². The first-order valence-electron chi connectivity index (χ1n) is 32.0. The summed E-state index contributed by atoms with van der Waals surface area (Å²) in [5.41, 5.74) is 0. The molecule has 0 rings (SSSR count). The zero-order valence-corrected chi connectivity index (χ0v) is 50.8.